The smallest absolute Gasteiger partial charge is 0.417 e. The lowest BCUT2D eigenvalue weighted by atomic mass is 10.1. The van der Waals surface area contributed by atoms with Crippen LogP contribution in [0.3, 0.4) is 0 Å². The van der Waals surface area contributed by atoms with Gasteiger partial charge in [-0.15, -0.1) is 0 Å². The third-order valence-corrected chi connectivity index (χ3v) is 3.00. The van der Waals surface area contributed by atoms with Gasteiger partial charge in [0.25, 0.3) is 0 Å². The Morgan fingerprint density at radius 2 is 1.64 bits per heavy atom. The van der Waals surface area contributed by atoms with Gasteiger partial charge in [0.05, 0.1) is 18.2 Å². The first-order valence-corrected chi connectivity index (χ1v) is 6.42. The molecule has 0 fully saturated rings. The van der Waals surface area contributed by atoms with E-state index in [0.717, 1.165) is 19.2 Å². The summed E-state index contributed by atoms with van der Waals surface area (Å²) < 4.78 is 48.8. The largest absolute Gasteiger partial charge is 0.465 e. The van der Waals surface area contributed by atoms with Gasteiger partial charge in [0.2, 0.25) is 0 Å². The molecule has 3 nitrogen and oxygen atoms in total. The molecule has 0 saturated carbocycles. The van der Waals surface area contributed by atoms with Crippen molar-refractivity contribution in [3.8, 4) is 11.5 Å². The second-order valence-electron chi connectivity index (χ2n) is 4.25. The molecule has 2 rings (SSSR count). The number of hydrogen-bond acceptors (Lipinski definition) is 3. The second kappa shape index (κ2) is 6.27. The van der Waals surface area contributed by atoms with E-state index >= 15 is 0 Å². The van der Waals surface area contributed by atoms with Crippen LogP contribution in [0, 0.1) is 0 Å². The highest BCUT2D eigenvalue weighted by Crippen LogP contribution is 2.36. The van der Waals surface area contributed by atoms with Crippen molar-refractivity contribution in [2.45, 2.75) is 6.18 Å². The summed E-state index contributed by atoms with van der Waals surface area (Å²) in [6, 6.07) is 9.15. The molecule has 0 bridgehead atoms. The van der Waals surface area contributed by atoms with Crippen molar-refractivity contribution in [2.24, 2.45) is 0 Å². The van der Waals surface area contributed by atoms with Crippen molar-refractivity contribution in [1.82, 2.24) is 0 Å². The monoisotopic (exact) mass is 330 g/mol. The molecule has 0 spiro atoms. The van der Waals surface area contributed by atoms with Gasteiger partial charge in [0.15, 0.2) is 0 Å². The molecule has 0 saturated heterocycles. The highest BCUT2D eigenvalue weighted by molar-refractivity contribution is 6.30. The predicted octanol–water partition coefficient (Wildman–Crippen LogP) is 4.94. The molecule has 0 aliphatic heterocycles. The molecule has 0 atom stereocenters. The highest BCUT2D eigenvalue weighted by atomic mass is 35.5. The van der Waals surface area contributed by atoms with Crippen molar-refractivity contribution < 1.29 is 27.4 Å². The minimum Gasteiger partial charge on any atom is -0.465 e. The van der Waals surface area contributed by atoms with Crippen LogP contribution in [-0.4, -0.2) is 13.1 Å². The molecular weight excluding hydrogens is 321 g/mol. The van der Waals surface area contributed by atoms with E-state index in [1.807, 2.05) is 0 Å². The number of benzene rings is 2. The Balaban J connectivity index is 2.38. The predicted molar refractivity (Wildman–Crippen MR) is 74.3 cm³/mol. The van der Waals surface area contributed by atoms with Gasteiger partial charge in [-0.2, -0.15) is 13.2 Å². The van der Waals surface area contributed by atoms with Crippen LogP contribution in [-0.2, 0) is 10.9 Å². The summed E-state index contributed by atoms with van der Waals surface area (Å²) in [5.41, 5.74) is -1.69. The van der Waals surface area contributed by atoms with E-state index in [-0.39, 0.29) is 5.75 Å². The van der Waals surface area contributed by atoms with E-state index in [1.165, 1.54) is 18.2 Å². The van der Waals surface area contributed by atoms with E-state index in [2.05, 4.69) is 4.74 Å². The number of hydrogen-bond donors (Lipinski definition) is 0. The molecule has 0 aliphatic carbocycles. The third kappa shape index (κ3) is 3.71. The molecule has 0 heterocycles. The maximum absolute atomic E-state index is 13.0. The van der Waals surface area contributed by atoms with Crippen molar-refractivity contribution in [3.63, 3.8) is 0 Å². The summed E-state index contributed by atoms with van der Waals surface area (Å²) in [5, 5.41) is 0.476. The van der Waals surface area contributed by atoms with Gasteiger partial charge >= 0.3 is 12.1 Å². The summed E-state index contributed by atoms with van der Waals surface area (Å²) in [5.74, 6) is -0.795. The zero-order valence-electron chi connectivity index (χ0n) is 11.3. The maximum Gasteiger partial charge on any atom is 0.417 e. The summed E-state index contributed by atoms with van der Waals surface area (Å²) in [6.07, 6.45) is -4.71. The fraction of sp³-hybridized carbons (Fsp3) is 0.133. The quantitative estimate of drug-likeness (QED) is 0.748. The fourth-order valence-electron chi connectivity index (χ4n) is 1.75. The Labute approximate surface area is 129 Å². The minimum atomic E-state index is -4.71. The zero-order chi connectivity index (χ0) is 16.3. The van der Waals surface area contributed by atoms with Crippen molar-refractivity contribution in [1.29, 1.82) is 0 Å². The van der Waals surface area contributed by atoms with Gasteiger partial charge in [0, 0.05) is 5.02 Å². The van der Waals surface area contributed by atoms with Gasteiger partial charge in [-0.05, 0) is 42.5 Å². The Morgan fingerprint density at radius 1 is 1.05 bits per heavy atom. The summed E-state index contributed by atoms with van der Waals surface area (Å²) >= 11 is 5.72. The van der Waals surface area contributed by atoms with Gasteiger partial charge in [-0.3, -0.25) is 0 Å². The molecule has 0 unspecified atom stereocenters. The topological polar surface area (TPSA) is 35.5 Å². The minimum absolute atomic E-state index is 0.0534. The second-order valence-corrected chi connectivity index (χ2v) is 4.69. The number of esters is 1. The van der Waals surface area contributed by atoms with E-state index < -0.39 is 23.3 Å². The fourth-order valence-corrected chi connectivity index (χ4v) is 1.87. The molecule has 0 amide bonds. The number of halogens is 4. The van der Waals surface area contributed by atoms with Crippen LogP contribution in [0.15, 0.2) is 42.5 Å². The molecule has 2 aromatic rings. The number of ether oxygens (including phenoxy) is 2. The molecule has 0 aromatic heterocycles. The molecule has 22 heavy (non-hydrogen) atoms. The molecular formula is C15H10ClF3O3. The van der Waals surface area contributed by atoms with Crippen LogP contribution in [0.1, 0.15) is 15.9 Å². The summed E-state index contributed by atoms with van der Waals surface area (Å²) in [7, 11) is 1.01. The first kappa shape index (κ1) is 16.2. The lowest BCUT2D eigenvalue weighted by Gasteiger charge is -2.13. The standard InChI is InChI=1S/C15H10ClF3O3/c1-21-14(20)12-7-6-11(8-13(12)15(17,18)19)22-10-4-2-9(16)3-5-10/h2-8H,1H3. The highest BCUT2D eigenvalue weighted by Gasteiger charge is 2.36. The SMILES string of the molecule is COC(=O)c1ccc(Oc2ccc(Cl)cc2)cc1C(F)(F)F. The number of rotatable bonds is 3. The van der Waals surface area contributed by atoms with Gasteiger partial charge < -0.3 is 9.47 Å². The van der Waals surface area contributed by atoms with E-state index in [0.29, 0.717) is 10.8 Å². The molecule has 0 radical (unpaired) electrons. The van der Waals surface area contributed by atoms with E-state index in [9.17, 15) is 18.0 Å². The first-order valence-electron chi connectivity index (χ1n) is 6.04. The average Bonchev–Trinajstić information content (AvgIpc) is 2.48. The molecule has 116 valence electrons. The molecule has 0 aliphatic rings. The van der Waals surface area contributed by atoms with Crippen LogP contribution >= 0.6 is 11.6 Å². The molecule has 0 N–H and O–H groups in total. The third-order valence-electron chi connectivity index (χ3n) is 2.75. The summed E-state index contributed by atoms with van der Waals surface area (Å²) in [6.45, 7) is 0. The number of alkyl halides is 3. The van der Waals surface area contributed by atoms with Crippen LogP contribution in [0.2, 0.25) is 5.02 Å². The first-order chi connectivity index (χ1) is 10.3. The molecule has 2 aromatic carbocycles. The van der Waals surface area contributed by atoms with Gasteiger partial charge in [0.1, 0.15) is 11.5 Å². The average molecular weight is 331 g/mol. The van der Waals surface area contributed by atoms with Gasteiger partial charge in [-0.25, -0.2) is 4.79 Å². The van der Waals surface area contributed by atoms with Crippen molar-refractivity contribution >= 4 is 17.6 Å². The lowest BCUT2D eigenvalue weighted by molar-refractivity contribution is -0.138. The zero-order valence-corrected chi connectivity index (χ0v) is 12.0. The number of carbonyl (C=O) groups excluding carboxylic acids is 1. The Bertz CT molecular complexity index is 681. The van der Waals surface area contributed by atoms with Crippen LogP contribution in [0.25, 0.3) is 0 Å². The van der Waals surface area contributed by atoms with Gasteiger partial charge in [-0.1, -0.05) is 11.6 Å². The number of methoxy groups -OCH3 is 1. The lowest BCUT2D eigenvalue weighted by Crippen LogP contribution is -2.14. The van der Waals surface area contributed by atoms with Crippen molar-refractivity contribution in [2.75, 3.05) is 7.11 Å². The normalized spacial score (nSPS) is 11.1. The van der Waals surface area contributed by atoms with E-state index in [1.54, 1.807) is 12.1 Å². The Kier molecular flexibility index (Phi) is 4.61. The van der Waals surface area contributed by atoms with Crippen LogP contribution in [0.5, 0.6) is 11.5 Å². The van der Waals surface area contributed by atoms with Crippen LogP contribution < -0.4 is 4.74 Å². The molecule has 7 heteroatoms. The maximum atomic E-state index is 13.0. The van der Waals surface area contributed by atoms with Crippen LogP contribution in [0.4, 0.5) is 13.2 Å². The number of carbonyl (C=O) groups is 1. The Morgan fingerprint density at radius 3 is 2.18 bits per heavy atom. The van der Waals surface area contributed by atoms with E-state index in [4.69, 9.17) is 16.3 Å². The Hall–Kier alpha value is -2.21. The summed E-state index contributed by atoms with van der Waals surface area (Å²) in [4.78, 5) is 11.4. The van der Waals surface area contributed by atoms with Crippen molar-refractivity contribution in [3.05, 3.63) is 58.6 Å².